The number of nitrogens with zero attached hydrogens (tertiary/aromatic N) is 3. The summed E-state index contributed by atoms with van der Waals surface area (Å²) in [6, 6.07) is 66.7. The minimum absolute atomic E-state index is 0.00688. The fourth-order valence-corrected chi connectivity index (χ4v) is 13.3. The van der Waals surface area contributed by atoms with Crippen molar-refractivity contribution in [1.82, 2.24) is 0 Å². The third-order valence-electron chi connectivity index (χ3n) is 17.9. The Morgan fingerprint density at radius 2 is 1.00 bits per heavy atom. The molecule has 4 nitrogen and oxygen atoms in total. The highest BCUT2D eigenvalue weighted by Crippen LogP contribution is 2.59. The number of rotatable bonds is 6. The highest BCUT2D eigenvalue weighted by Gasteiger charge is 2.51. The molecule has 5 aliphatic rings. The van der Waals surface area contributed by atoms with Crippen molar-refractivity contribution in [2.75, 3.05) is 14.7 Å². The molecule has 1 aromatic heterocycles. The summed E-state index contributed by atoms with van der Waals surface area (Å²) >= 11 is 0. The Morgan fingerprint density at radius 1 is 0.467 bits per heavy atom. The molecule has 75 heavy (non-hydrogen) atoms. The molecule has 3 heterocycles. The smallest absolute Gasteiger partial charge is 0.297 e. The average molecular weight is 980 g/mol. The SMILES string of the molecule is CC(C)(C)c1ccc(N2c3cc(C(C)(C)C)cc4c3B(c3ccc(N(c5ccccc5)c5ccccc5)cc3N4c3ccc(C(C)(C)C)cc3-c3ccccc3)c3oc4cc5c(cc4c32)C2(C)CCC5(C)CC2)cc1. The highest BCUT2D eigenvalue weighted by molar-refractivity contribution is 7.00. The van der Waals surface area contributed by atoms with E-state index >= 15 is 0 Å². The van der Waals surface area contributed by atoms with Gasteiger partial charge >= 0.3 is 0 Å². The summed E-state index contributed by atoms with van der Waals surface area (Å²) in [5.41, 5.74) is 24.1. The Balaban J connectivity index is 1.16. The van der Waals surface area contributed by atoms with Crippen LogP contribution in [0.15, 0.2) is 180 Å². The van der Waals surface area contributed by atoms with Gasteiger partial charge in [0.05, 0.1) is 17.0 Å². The van der Waals surface area contributed by atoms with Gasteiger partial charge in [-0.25, -0.2) is 0 Å². The molecule has 2 bridgehead atoms. The fourth-order valence-electron chi connectivity index (χ4n) is 13.3. The number of para-hydroxylation sites is 2. The monoisotopic (exact) mass is 980 g/mol. The molecular weight excluding hydrogens is 910 g/mol. The zero-order valence-corrected chi connectivity index (χ0v) is 45.9. The van der Waals surface area contributed by atoms with Gasteiger partial charge < -0.3 is 19.1 Å². The molecule has 0 radical (unpaired) electrons. The van der Waals surface area contributed by atoms with Crippen molar-refractivity contribution in [2.24, 2.45) is 0 Å². The first-order valence-electron chi connectivity index (χ1n) is 27.5. The second-order valence-corrected chi connectivity index (χ2v) is 26.0. The topological polar surface area (TPSA) is 22.9 Å². The number of hydrogen-bond acceptors (Lipinski definition) is 4. The van der Waals surface area contributed by atoms with Crippen LogP contribution in [0.2, 0.25) is 0 Å². The van der Waals surface area contributed by atoms with Crippen LogP contribution in [0.25, 0.3) is 22.1 Å². The minimum Gasteiger partial charge on any atom is -0.468 e. The van der Waals surface area contributed by atoms with E-state index in [1.54, 1.807) is 0 Å². The summed E-state index contributed by atoms with van der Waals surface area (Å²) in [5.74, 6) is 0. The molecule has 0 unspecified atom stereocenters. The van der Waals surface area contributed by atoms with Gasteiger partial charge in [0, 0.05) is 50.8 Å². The van der Waals surface area contributed by atoms with Crippen LogP contribution in [0.3, 0.4) is 0 Å². The van der Waals surface area contributed by atoms with Crippen LogP contribution in [0.1, 0.15) is 130 Å². The quantitative estimate of drug-likeness (QED) is 0.155. The maximum Gasteiger partial charge on any atom is 0.297 e. The second kappa shape index (κ2) is 16.6. The van der Waals surface area contributed by atoms with E-state index in [0.29, 0.717) is 0 Å². The van der Waals surface area contributed by atoms with Crippen molar-refractivity contribution in [1.29, 1.82) is 0 Å². The Labute approximate surface area is 446 Å². The van der Waals surface area contributed by atoms with Crippen molar-refractivity contribution < 1.29 is 4.42 Å². The summed E-state index contributed by atoms with van der Waals surface area (Å²) in [6.45, 7) is 25.8. The van der Waals surface area contributed by atoms with Crippen molar-refractivity contribution in [2.45, 2.75) is 129 Å². The van der Waals surface area contributed by atoms with Gasteiger partial charge in [0.1, 0.15) is 5.58 Å². The second-order valence-electron chi connectivity index (χ2n) is 26.0. The van der Waals surface area contributed by atoms with E-state index in [4.69, 9.17) is 4.42 Å². The van der Waals surface area contributed by atoms with Gasteiger partial charge in [0.15, 0.2) is 0 Å². The molecule has 2 aliphatic heterocycles. The molecule has 374 valence electrons. The molecule has 9 aromatic rings. The van der Waals surface area contributed by atoms with Crippen molar-refractivity contribution in [3.05, 3.63) is 204 Å². The van der Waals surface area contributed by atoms with E-state index in [1.807, 2.05) is 0 Å². The fraction of sp³-hybridized carbons (Fsp3) is 0.286. The summed E-state index contributed by atoms with van der Waals surface area (Å²) < 4.78 is 7.71. The maximum absolute atomic E-state index is 7.71. The normalized spacial score (nSPS) is 18.7. The van der Waals surface area contributed by atoms with Gasteiger partial charge in [-0.05, 0) is 182 Å². The van der Waals surface area contributed by atoms with Gasteiger partial charge in [-0.15, -0.1) is 0 Å². The van der Waals surface area contributed by atoms with E-state index in [2.05, 4.69) is 267 Å². The van der Waals surface area contributed by atoms with Crippen LogP contribution < -0.4 is 31.3 Å². The maximum atomic E-state index is 7.71. The van der Waals surface area contributed by atoms with Crippen LogP contribution in [-0.4, -0.2) is 6.71 Å². The molecule has 0 saturated heterocycles. The first kappa shape index (κ1) is 47.5. The number of fused-ring (bicyclic) bond motifs is 8. The molecule has 1 saturated carbocycles. The molecule has 0 amide bonds. The van der Waals surface area contributed by atoms with E-state index in [1.165, 1.54) is 98.0 Å². The van der Waals surface area contributed by atoms with Gasteiger partial charge in [-0.2, -0.15) is 0 Å². The number of benzene rings is 8. The Hall–Kier alpha value is -7.24. The first-order valence-corrected chi connectivity index (χ1v) is 27.5. The Bertz CT molecular complexity index is 3660. The molecule has 0 spiro atoms. The zero-order chi connectivity index (χ0) is 52.0. The van der Waals surface area contributed by atoms with E-state index in [-0.39, 0.29) is 33.8 Å². The lowest BCUT2D eigenvalue weighted by Crippen LogP contribution is -2.61. The van der Waals surface area contributed by atoms with Crippen molar-refractivity contribution in [3.8, 4) is 11.1 Å². The molecular formula is C70H70BN3O. The van der Waals surface area contributed by atoms with Crippen molar-refractivity contribution >= 4 is 85.5 Å². The molecule has 8 aromatic carbocycles. The van der Waals surface area contributed by atoms with Gasteiger partial charge in [-0.1, -0.05) is 167 Å². The van der Waals surface area contributed by atoms with Crippen LogP contribution in [-0.2, 0) is 27.1 Å². The summed E-state index contributed by atoms with van der Waals surface area (Å²) in [5, 5.41) is 1.21. The molecule has 14 rings (SSSR count). The van der Waals surface area contributed by atoms with Crippen molar-refractivity contribution in [3.63, 3.8) is 0 Å². The van der Waals surface area contributed by atoms with E-state index in [0.717, 1.165) is 45.4 Å². The third kappa shape index (κ3) is 7.54. The molecule has 1 fully saturated rings. The molecule has 0 N–H and O–H groups in total. The molecule has 0 atom stereocenters. The van der Waals surface area contributed by atoms with Gasteiger partial charge in [0.2, 0.25) is 0 Å². The number of anilines is 9. The van der Waals surface area contributed by atoms with E-state index in [9.17, 15) is 0 Å². The molecule has 5 heteroatoms. The van der Waals surface area contributed by atoms with E-state index < -0.39 is 0 Å². The lowest BCUT2D eigenvalue weighted by molar-refractivity contribution is 0.188. The summed E-state index contributed by atoms with van der Waals surface area (Å²) in [4.78, 5) is 7.63. The predicted octanol–water partition coefficient (Wildman–Crippen LogP) is 17.6. The van der Waals surface area contributed by atoms with Crippen LogP contribution in [0.5, 0.6) is 0 Å². The lowest BCUT2D eigenvalue weighted by atomic mass is 9.35. The van der Waals surface area contributed by atoms with Crippen LogP contribution >= 0.6 is 0 Å². The number of hydrogen-bond donors (Lipinski definition) is 0. The predicted molar refractivity (Wildman–Crippen MR) is 320 cm³/mol. The largest absolute Gasteiger partial charge is 0.468 e. The highest BCUT2D eigenvalue weighted by atomic mass is 16.3. The van der Waals surface area contributed by atoms with Gasteiger partial charge in [-0.3, -0.25) is 0 Å². The van der Waals surface area contributed by atoms with Crippen LogP contribution in [0, 0.1) is 0 Å². The number of furan rings is 1. The zero-order valence-electron chi connectivity index (χ0n) is 45.9. The van der Waals surface area contributed by atoms with Crippen LogP contribution in [0.4, 0.5) is 51.2 Å². The summed E-state index contributed by atoms with van der Waals surface area (Å²) in [7, 11) is 0. The first-order chi connectivity index (χ1) is 35.8. The minimum atomic E-state index is -0.201. The Morgan fingerprint density at radius 3 is 1.57 bits per heavy atom. The Kier molecular flexibility index (Phi) is 10.5. The molecule has 3 aliphatic carbocycles. The third-order valence-corrected chi connectivity index (χ3v) is 17.9. The standard InChI is InChI=1S/C70H70BN3O/c1-66(2,3)46-27-30-51(31-28-46)73-60-40-48(68(7,8)9)41-61-63(60)71(65-64(73)54-43-55-56(44-62(54)75-65)70(11)37-35-69(55,10)36-38-70)57-33-32-52(72(49-23-17-13-18-24-49)50-25-19-14-20-26-50)42-59(57)74(61)58-34-29-47(67(4,5)6)39-53(58)45-21-15-12-16-22-45/h12-34,39-44H,35-38H2,1-11H3. The average Bonchev–Trinajstić information content (AvgIpc) is 3.77. The summed E-state index contributed by atoms with van der Waals surface area (Å²) in [6.07, 6.45) is 4.88. The lowest BCUT2D eigenvalue weighted by Gasteiger charge is -2.52. The van der Waals surface area contributed by atoms with Gasteiger partial charge in [0.25, 0.3) is 6.71 Å².